The summed E-state index contributed by atoms with van der Waals surface area (Å²) in [6.07, 6.45) is 1.90. The molecule has 1 aliphatic rings. The van der Waals surface area contributed by atoms with Crippen LogP contribution in [0, 0.1) is 0 Å². The van der Waals surface area contributed by atoms with Crippen molar-refractivity contribution in [1.82, 2.24) is 19.5 Å². The zero-order valence-corrected chi connectivity index (χ0v) is 20.4. The molecule has 0 saturated heterocycles. The van der Waals surface area contributed by atoms with Gasteiger partial charge in [0.05, 0.1) is 33.8 Å². The van der Waals surface area contributed by atoms with Crippen LogP contribution in [0.5, 0.6) is 0 Å². The van der Waals surface area contributed by atoms with Gasteiger partial charge in [0.1, 0.15) is 5.69 Å². The molecule has 1 aromatic carbocycles. The first kappa shape index (κ1) is 24.2. The van der Waals surface area contributed by atoms with E-state index in [2.05, 4.69) is 27.1 Å². The average molecular weight is 513 g/mol. The minimum atomic E-state index is -4.52. The molecule has 0 unspecified atom stereocenters. The highest BCUT2D eigenvalue weighted by Gasteiger charge is 2.31. The van der Waals surface area contributed by atoms with E-state index < -0.39 is 21.6 Å². The van der Waals surface area contributed by atoms with E-state index in [1.54, 1.807) is 26.2 Å². The molecule has 1 aliphatic carbocycles. The highest BCUT2D eigenvalue weighted by atomic mass is 32.2. The second kappa shape index (κ2) is 8.85. The molecule has 5 rings (SSSR count). The number of halogens is 3. The molecule has 3 heterocycles. The number of pyridine rings is 2. The Balaban J connectivity index is 1.59. The van der Waals surface area contributed by atoms with Crippen molar-refractivity contribution in [3.05, 3.63) is 72.2 Å². The molecule has 6 nitrogen and oxygen atoms in total. The third kappa shape index (κ3) is 4.53. The van der Waals surface area contributed by atoms with Crippen molar-refractivity contribution < 1.29 is 21.6 Å². The van der Waals surface area contributed by atoms with Gasteiger partial charge in [0.2, 0.25) is 0 Å². The van der Waals surface area contributed by atoms with E-state index in [4.69, 9.17) is 0 Å². The Morgan fingerprint density at radius 1 is 0.972 bits per heavy atom. The van der Waals surface area contributed by atoms with Gasteiger partial charge in [0, 0.05) is 25.0 Å². The van der Waals surface area contributed by atoms with Gasteiger partial charge in [-0.05, 0) is 48.1 Å². The second-order valence-electron chi connectivity index (χ2n) is 8.82. The summed E-state index contributed by atoms with van der Waals surface area (Å²) >= 11 is 0. The highest BCUT2D eigenvalue weighted by molar-refractivity contribution is 7.91. The van der Waals surface area contributed by atoms with Gasteiger partial charge >= 0.3 is 6.18 Å². The molecule has 3 aromatic heterocycles. The third-order valence-corrected chi connectivity index (χ3v) is 8.15. The maximum absolute atomic E-state index is 13.2. The molecule has 0 atom stereocenters. The van der Waals surface area contributed by atoms with Gasteiger partial charge in [-0.1, -0.05) is 31.2 Å². The second-order valence-corrected chi connectivity index (χ2v) is 11.1. The Labute approximate surface area is 206 Å². The molecular weight excluding hydrogens is 489 g/mol. The van der Waals surface area contributed by atoms with Crippen molar-refractivity contribution in [3.8, 4) is 34.0 Å². The number of rotatable bonds is 6. The molecular formula is C26H23F3N4O2S. The van der Waals surface area contributed by atoms with Crippen LogP contribution >= 0.6 is 0 Å². The van der Waals surface area contributed by atoms with E-state index >= 15 is 0 Å². The van der Waals surface area contributed by atoms with Crippen LogP contribution in [0.2, 0.25) is 0 Å². The molecule has 0 N–H and O–H groups in total. The lowest BCUT2D eigenvalue weighted by Crippen LogP contribution is -2.09. The zero-order chi connectivity index (χ0) is 25.7. The smallest absolute Gasteiger partial charge is 0.325 e. The van der Waals surface area contributed by atoms with Crippen LogP contribution in [-0.4, -0.2) is 33.7 Å². The van der Waals surface area contributed by atoms with Crippen LogP contribution in [0.4, 0.5) is 13.2 Å². The minimum absolute atomic E-state index is 0.0195. The molecule has 1 fully saturated rings. The van der Waals surface area contributed by atoms with Crippen LogP contribution in [0.25, 0.3) is 34.0 Å². The van der Waals surface area contributed by atoms with E-state index in [0.29, 0.717) is 17.2 Å². The van der Waals surface area contributed by atoms with Gasteiger partial charge in [-0.2, -0.15) is 13.2 Å². The summed E-state index contributed by atoms with van der Waals surface area (Å²) < 4.78 is 67.2. The molecule has 4 aromatic rings. The third-order valence-electron chi connectivity index (χ3n) is 6.41. The van der Waals surface area contributed by atoms with Crippen molar-refractivity contribution in [2.75, 3.05) is 5.75 Å². The molecule has 10 heteroatoms. The van der Waals surface area contributed by atoms with Gasteiger partial charge < -0.3 is 4.57 Å². The molecule has 0 spiro atoms. The molecule has 36 heavy (non-hydrogen) atoms. The van der Waals surface area contributed by atoms with E-state index in [0.717, 1.165) is 23.9 Å². The number of sulfone groups is 1. The summed E-state index contributed by atoms with van der Waals surface area (Å²) in [4.78, 5) is 12.9. The molecule has 0 bridgehead atoms. The lowest BCUT2D eigenvalue weighted by Gasteiger charge is -2.13. The summed E-state index contributed by atoms with van der Waals surface area (Å²) in [5.41, 5.74) is 2.45. The number of benzene rings is 1. The zero-order valence-electron chi connectivity index (χ0n) is 19.6. The first-order chi connectivity index (χ1) is 17.1. The lowest BCUT2D eigenvalue weighted by atomic mass is 10.0. The Bertz CT molecular complexity index is 1540. The van der Waals surface area contributed by atoms with Crippen molar-refractivity contribution >= 4 is 9.84 Å². The number of alkyl halides is 3. The van der Waals surface area contributed by atoms with Crippen molar-refractivity contribution in [1.29, 1.82) is 0 Å². The van der Waals surface area contributed by atoms with E-state index in [1.807, 2.05) is 12.1 Å². The van der Waals surface area contributed by atoms with Crippen LogP contribution in [-0.2, 0) is 23.1 Å². The van der Waals surface area contributed by atoms with Crippen LogP contribution < -0.4 is 0 Å². The number of aromatic nitrogens is 4. The van der Waals surface area contributed by atoms with E-state index in [-0.39, 0.29) is 27.9 Å². The molecule has 0 aliphatic heterocycles. The standard InChI is InChI=1S/C26H23F3N4O2S/c1-3-36(34,35)23-12-19(18-8-6-17(7-9-18)16-4-5-16)14-31-24(23)25-32-15-22(33(25)2)21-13-20(10-11-30-21)26(27,28)29/h6-16H,3-5H2,1-2H3. The molecule has 186 valence electrons. The monoisotopic (exact) mass is 512 g/mol. The van der Waals surface area contributed by atoms with Crippen LogP contribution in [0.15, 0.2) is 66.0 Å². The first-order valence-corrected chi connectivity index (χ1v) is 13.1. The Morgan fingerprint density at radius 3 is 2.33 bits per heavy atom. The quantitative estimate of drug-likeness (QED) is 0.321. The van der Waals surface area contributed by atoms with Gasteiger partial charge in [0.15, 0.2) is 15.7 Å². The Morgan fingerprint density at radius 2 is 1.69 bits per heavy atom. The minimum Gasteiger partial charge on any atom is -0.325 e. The first-order valence-electron chi connectivity index (χ1n) is 11.5. The fourth-order valence-corrected chi connectivity index (χ4v) is 5.20. The fourth-order valence-electron chi connectivity index (χ4n) is 4.14. The summed E-state index contributed by atoms with van der Waals surface area (Å²) in [5.74, 6) is 0.685. The predicted octanol–water partition coefficient (Wildman–Crippen LogP) is 5.90. The van der Waals surface area contributed by atoms with E-state index in [9.17, 15) is 21.6 Å². The number of imidazole rings is 1. The Kier molecular flexibility index (Phi) is 5.94. The Hall–Kier alpha value is -3.53. The van der Waals surface area contributed by atoms with Gasteiger partial charge in [-0.3, -0.25) is 9.97 Å². The van der Waals surface area contributed by atoms with Gasteiger partial charge in [-0.25, -0.2) is 13.4 Å². The predicted molar refractivity (Wildman–Crippen MR) is 130 cm³/mol. The van der Waals surface area contributed by atoms with Gasteiger partial charge in [0.25, 0.3) is 0 Å². The highest BCUT2D eigenvalue weighted by Crippen LogP contribution is 2.41. The average Bonchev–Trinajstić information content (AvgIpc) is 3.65. The van der Waals surface area contributed by atoms with Gasteiger partial charge in [-0.15, -0.1) is 0 Å². The largest absolute Gasteiger partial charge is 0.416 e. The number of hydrogen-bond acceptors (Lipinski definition) is 5. The maximum atomic E-state index is 13.2. The van der Waals surface area contributed by atoms with Crippen LogP contribution in [0.1, 0.15) is 36.8 Å². The SMILES string of the molecule is CCS(=O)(=O)c1cc(-c2ccc(C3CC3)cc2)cnc1-c1ncc(-c2cc(C(F)(F)F)ccn2)n1C. The topological polar surface area (TPSA) is 77.7 Å². The molecule has 1 saturated carbocycles. The van der Waals surface area contributed by atoms with Crippen molar-refractivity contribution in [3.63, 3.8) is 0 Å². The summed E-state index contributed by atoms with van der Waals surface area (Å²) in [7, 11) is -2.11. The molecule has 0 amide bonds. The number of hydrogen-bond donors (Lipinski definition) is 0. The van der Waals surface area contributed by atoms with Crippen molar-refractivity contribution in [2.45, 2.75) is 36.8 Å². The number of nitrogens with zero attached hydrogens (tertiary/aromatic N) is 4. The summed E-state index contributed by atoms with van der Waals surface area (Å²) in [6.45, 7) is 1.55. The van der Waals surface area contributed by atoms with Crippen molar-refractivity contribution in [2.24, 2.45) is 7.05 Å². The fraction of sp³-hybridized carbons (Fsp3) is 0.269. The van der Waals surface area contributed by atoms with Crippen LogP contribution in [0.3, 0.4) is 0 Å². The normalized spacial score (nSPS) is 14.2. The summed E-state index contributed by atoms with van der Waals surface area (Å²) in [6, 6.07) is 11.5. The summed E-state index contributed by atoms with van der Waals surface area (Å²) in [5, 5.41) is 0. The lowest BCUT2D eigenvalue weighted by molar-refractivity contribution is -0.137. The maximum Gasteiger partial charge on any atom is 0.416 e. The molecule has 0 radical (unpaired) electrons. The van der Waals surface area contributed by atoms with E-state index in [1.165, 1.54) is 29.2 Å².